The average Bonchev–Trinajstić information content (AvgIpc) is 2.33. The quantitative estimate of drug-likeness (QED) is 0.725. The Morgan fingerprint density at radius 2 is 1.91 bits per heavy atom. The largest absolute Gasteiger partial charge is 0.357 e. The Morgan fingerprint density at radius 3 is 2.18 bits per heavy atom. The maximum absolute atomic E-state index is 10.5. The predicted molar refractivity (Wildman–Crippen MR) is 41.2 cm³/mol. The van der Waals surface area contributed by atoms with Crippen molar-refractivity contribution < 1.29 is 9.59 Å². The number of carbonyl (C=O) groups is 2. The number of rotatable bonds is 2. The van der Waals surface area contributed by atoms with Crippen molar-refractivity contribution in [2.45, 2.75) is 0 Å². The highest BCUT2D eigenvalue weighted by molar-refractivity contribution is 6.69. The first-order chi connectivity index (χ1) is 5.11. The Morgan fingerprint density at radius 1 is 1.27 bits per heavy atom. The number of aromatic amines is 1. The van der Waals surface area contributed by atoms with Crippen LogP contribution in [0.1, 0.15) is 20.8 Å². The van der Waals surface area contributed by atoms with Gasteiger partial charge in [0.15, 0.2) is 0 Å². The monoisotopic (exact) mass is 191 g/mol. The van der Waals surface area contributed by atoms with Gasteiger partial charge in [-0.15, -0.1) is 0 Å². The van der Waals surface area contributed by atoms with Crippen LogP contribution in [0.15, 0.2) is 12.3 Å². The highest BCUT2D eigenvalue weighted by atomic mass is 35.5. The molecule has 5 heteroatoms. The second-order valence-corrected chi connectivity index (χ2v) is 2.54. The van der Waals surface area contributed by atoms with Crippen LogP contribution in [-0.4, -0.2) is 15.5 Å². The lowest BCUT2D eigenvalue weighted by atomic mass is 10.3. The minimum absolute atomic E-state index is 0.163. The summed E-state index contributed by atoms with van der Waals surface area (Å²) in [6.45, 7) is 0. The summed E-state index contributed by atoms with van der Waals surface area (Å²) in [5.41, 5.74) is 0.395. The molecule has 1 rings (SSSR count). The fourth-order valence-corrected chi connectivity index (χ4v) is 0.840. The third kappa shape index (κ3) is 1.82. The van der Waals surface area contributed by atoms with E-state index in [9.17, 15) is 9.59 Å². The standard InChI is InChI=1S/C6H3Cl2NO2/c7-5(10)3-1-4(6(8)11)9-2-3/h1-2,9H. The lowest BCUT2D eigenvalue weighted by Crippen LogP contribution is -1.86. The molecule has 0 aromatic carbocycles. The first kappa shape index (κ1) is 8.30. The number of hydrogen-bond acceptors (Lipinski definition) is 2. The van der Waals surface area contributed by atoms with E-state index < -0.39 is 10.5 Å². The zero-order valence-electron chi connectivity index (χ0n) is 5.23. The summed E-state index contributed by atoms with van der Waals surface area (Å²) in [6, 6.07) is 1.30. The van der Waals surface area contributed by atoms with Crippen molar-refractivity contribution in [3.8, 4) is 0 Å². The van der Waals surface area contributed by atoms with E-state index in [1.54, 1.807) is 0 Å². The summed E-state index contributed by atoms with van der Waals surface area (Å²) in [7, 11) is 0. The van der Waals surface area contributed by atoms with Crippen molar-refractivity contribution in [1.29, 1.82) is 0 Å². The lowest BCUT2D eigenvalue weighted by Gasteiger charge is -1.80. The number of aromatic nitrogens is 1. The Bertz CT molecular complexity index is 277. The molecule has 0 fully saturated rings. The van der Waals surface area contributed by atoms with Gasteiger partial charge in [0, 0.05) is 6.20 Å². The fraction of sp³-hybridized carbons (Fsp3) is 0. The molecule has 0 spiro atoms. The van der Waals surface area contributed by atoms with Gasteiger partial charge >= 0.3 is 0 Å². The Balaban J connectivity index is 2.99. The number of hydrogen-bond donors (Lipinski definition) is 1. The maximum atomic E-state index is 10.5. The van der Waals surface area contributed by atoms with Crippen LogP contribution >= 0.6 is 23.2 Å². The van der Waals surface area contributed by atoms with Crippen LogP contribution in [-0.2, 0) is 0 Å². The van der Waals surface area contributed by atoms with Gasteiger partial charge in [-0.1, -0.05) is 0 Å². The van der Waals surface area contributed by atoms with E-state index in [0.29, 0.717) is 0 Å². The molecule has 0 aliphatic carbocycles. The molecule has 0 unspecified atom stereocenters. The van der Waals surface area contributed by atoms with Gasteiger partial charge in [0.25, 0.3) is 10.5 Å². The molecule has 11 heavy (non-hydrogen) atoms. The van der Waals surface area contributed by atoms with Crippen LogP contribution in [0.5, 0.6) is 0 Å². The highest BCUT2D eigenvalue weighted by Gasteiger charge is 2.08. The lowest BCUT2D eigenvalue weighted by molar-refractivity contribution is 0.107. The van der Waals surface area contributed by atoms with Gasteiger partial charge in [-0.2, -0.15) is 0 Å². The summed E-state index contributed by atoms with van der Waals surface area (Å²) in [6.07, 6.45) is 1.32. The topological polar surface area (TPSA) is 49.9 Å². The molecular weight excluding hydrogens is 189 g/mol. The predicted octanol–water partition coefficient (Wildman–Crippen LogP) is 1.77. The van der Waals surface area contributed by atoms with E-state index in [2.05, 4.69) is 4.98 Å². The zero-order chi connectivity index (χ0) is 8.43. The zero-order valence-corrected chi connectivity index (χ0v) is 6.74. The van der Waals surface area contributed by atoms with E-state index in [4.69, 9.17) is 23.2 Å². The van der Waals surface area contributed by atoms with Crippen molar-refractivity contribution in [3.05, 3.63) is 23.5 Å². The molecule has 0 aliphatic rings. The third-order valence-corrected chi connectivity index (χ3v) is 1.54. The third-order valence-electron chi connectivity index (χ3n) is 1.12. The van der Waals surface area contributed by atoms with Gasteiger partial charge in [0.1, 0.15) is 0 Å². The number of nitrogens with one attached hydrogen (secondary N) is 1. The number of H-pyrrole nitrogens is 1. The highest BCUT2D eigenvalue weighted by Crippen LogP contribution is 2.08. The first-order valence-corrected chi connectivity index (χ1v) is 3.45. The van der Waals surface area contributed by atoms with Crippen LogP contribution in [0.3, 0.4) is 0 Å². The molecule has 58 valence electrons. The van der Waals surface area contributed by atoms with Crippen molar-refractivity contribution in [2.24, 2.45) is 0 Å². The van der Waals surface area contributed by atoms with E-state index in [1.165, 1.54) is 12.3 Å². The van der Waals surface area contributed by atoms with Crippen molar-refractivity contribution in [3.63, 3.8) is 0 Å². The summed E-state index contributed by atoms with van der Waals surface area (Å²) in [5.74, 6) is 0. The van der Waals surface area contributed by atoms with Gasteiger partial charge in [-0.05, 0) is 29.3 Å². The SMILES string of the molecule is O=C(Cl)c1c[nH]c(C(=O)Cl)c1. The minimum Gasteiger partial charge on any atom is -0.357 e. The van der Waals surface area contributed by atoms with E-state index in [1.807, 2.05) is 0 Å². The molecule has 3 nitrogen and oxygen atoms in total. The van der Waals surface area contributed by atoms with Crippen molar-refractivity contribution in [1.82, 2.24) is 4.98 Å². The summed E-state index contributed by atoms with van der Waals surface area (Å²) < 4.78 is 0. The van der Waals surface area contributed by atoms with Crippen LogP contribution in [0.25, 0.3) is 0 Å². The molecule has 0 atom stereocenters. The van der Waals surface area contributed by atoms with Gasteiger partial charge in [-0.25, -0.2) is 0 Å². The van der Waals surface area contributed by atoms with Crippen LogP contribution < -0.4 is 0 Å². The molecule has 1 aromatic rings. The molecule has 0 saturated heterocycles. The fourth-order valence-electron chi connectivity index (χ4n) is 0.621. The smallest absolute Gasteiger partial charge is 0.268 e. The second-order valence-electron chi connectivity index (χ2n) is 1.85. The Kier molecular flexibility index (Phi) is 2.31. The van der Waals surface area contributed by atoms with Gasteiger partial charge in [0.05, 0.1) is 11.3 Å². The Labute approximate surface area is 72.3 Å². The van der Waals surface area contributed by atoms with Crippen molar-refractivity contribution in [2.75, 3.05) is 0 Å². The van der Waals surface area contributed by atoms with Gasteiger partial charge in [-0.3, -0.25) is 9.59 Å². The Hall–Kier alpha value is -0.800. The van der Waals surface area contributed by atoms with Crippen LogP contribution in [0.2, 0.25) is 0 Å². The first-order valence-electron chi connectivity index (χ1n) is 2.69. The molecule has 1 N–H and O–H groups in total. The molecule has 0 bridgehead atoms. The minimum atomic E-state index is -0.644. The molecular formula is C6H3Cl2NO2. The normalized spacial score (nSPS) is 9.64. The molecule has 1 heterocycles. The molecule has 1 aromatic heterocycles. The van der Waals surface area contributed by atoms with Crippen molar-refractivity contribution >= 4 is 33.7 Å². The number of halogens is 2. The molecule has 0 radical (unpaired) electrons. The maximum Gasteiger partial charge on any atom is 0.268 e. The van der Waals surface area contributed by atoms with E-state index >= 15 is 0 Å². The summed E-state index contributed by atoms with van der Waals surface area (Å²) >= 11 is 10.2. The number of carbonyl (C=O) groups excluding carboxylic acids is 2. The summed E-state index contributed by atoms with van der Waals surface area (Å²) in [4.78, 5) is 23.4. The van der Waals surface area contributed by atoms with Gasteiger partial charge in [0.2, 0.25) is 0 Å². The molecule has 0 saturated carbocycles. The van der Waals surface area contributed by atoms with Crippen LogP contribution in [0, 0.1) is 0 Å². The average molecular weight is 192 g/mol. The molecule has 0 aliphatic heterocycles. The van der Waals surface area contributed by atoms with E-state index in [-0.39, 0.29) is 11.3 Å². The van der Waals surface area contributed by atoms with Gasteiger partial charge < -0.3 is 4.98 Å². The summed E-state index contributed by atoms with van der Waals surface area (Å²) in [5, 5.41) is -1.26. The van der Waals surface area contributed by atoms with E-state index in [0.717, 1.165) is 0 Å². The van der Waals surface area contributed by atoms with Crippen LogP contribution in [0.4, 0.5) is 0 Å². The second kappa shape index (κ2) is 3.07. The molecule has 0 amide bonds.